The number of nitrogens with one attached hydrogen (secondary N) is 1. The molecule has 7 rings (SSSR count). The molecule has 3 N–H and O–H groups in total. The predicted octanol–water partition coefficient (Wildman–Crippen LogP) is 6.20. The van der Waals surface area contributed by atoms with Crippen LogP contribution in [0.2, 0.25) is 0 Å². The van der Waals surface area contributed by atoms with E-state index >= 15 is 0 Å². The molecule has 272 valence electrons. The Morgan fingerprint density at radius 2 is 1.32 bits per heavy atom. The van der Waals surface area contributed by atoms with Gasteiger partial charge in [-0.05, 0) is 66.7 Å². The third-order valence-electron chi connectivity index (χ3n) is 7.48. The van der Waals surface area contributed by atoms with Crippen molar-refractivity contribution in [2.24, 2.45) is 0 Å². The van der Waals surface area contributed by atoms with Gasteiger partial charge >= 0.3 is 12.4 Å². The quantitative estimate of drug-likeness (QED) is 0.148. The van der Waals surface area contributed by atoms with Gasteiger partial charge in [-0.15, -0.1) is 10.2 Å². The first-order valence-electron chi connectivity index (χ1n) is 15.4. The molecule has 4 heterocycles. The summed E-state index contributed by atoms with van der Waals surface area (Å²) in [5.74, 6) is -2.96. The number of halogens is 7. The van der Waals surface area contributed by atoms with E-state index in [1.165, 1.54) is 12.1 Å². The number of aromatic nitrogens is 8. The van der Waals surface area contributed by atoms with Crippen molar-refractivity contribution in [3.8, 4) is 28.7 Å². The summed E-state index contributed by atoms with van der Waals surface area (Å²) in [5.41, 5.74) is 8.89. The fourth-order valence-electron chi connectivity index (χ4n) is 4.93. The zero-order chi connectivity index (χ0) is 37.8. The van der Waals surface area contributed by atoms with Crippen molar-refractivity contribution in [3.05, 3.63) is 109 Å². The largest absolute Gasteiger partial charge is 0.453 e. The van der Waals surface area contributed by atoms with Gasteiger partial charge in [-0.1, -0.05) is 0 Å². The van der Waals surface area contributed by atoms with Crippen molar-refractivity contribution in [3.63, 3.8) is 0 Å². The monoisotopic (exact) mass is 738 g/mol. The second-order valence-corrected chi connectivity index (χ2v) is 11.2. The number of nitriles is 1. The summed E-state index contributed by atoms with van der Waals surface area (Å²) in [6, 6.07) is 19.7. The highest BCUT2D eigenvalue weighted by Crippen LogP contribution is 2.30. The average molecular weight is 739 g/mol. The zero-order valence-corrected chi connectivity index (χ0v) is 27.0. The maximum atomic E-state index is 14.8. The van der Waals surface area contributed by atoms with Crippen molar-refractivity contribution in [1.82, 2.24) is 39.5 Å². The van der Waals surface area contributed by atoms with Crippen LogP contribution in [0.4, 0.5) is 53.7 Å². The molecule has 13 nitrogen and oxygen atoms in total. The van der Waals surface area contributed by atoms with E-state index in [4.69, 9.17) is 10.5 Å². The van der Waals surface area contributed by atoms with E-state index in [9.17, 15) is 36.0 Å². The van der Waals surface area contributed by atoms with E-state index < -0.39 is 29.8 Å². The van der Waals surface area contributed by atoms with Crippen molar-refractivity contribution in [1.29, 1.82) is 5.26 Å². The molecule has 20 heteroatoms. The van der Waals surface area contributed by atoms with Crippen LogP contribution in [0, 0.1) is 17.1 Å². The minimum atomic E-state index is -4.64. The fraction of sp³-hybridized carbons (Fsp3) is 0.182. The highest BCUT2D eigenvalue weighted by Gasteiger charge is 2.36. The Balaban J connectivity index is 0.000000250. The standard InChI is InChI=1S/C24H18F4N8O.C9H7F3N4/c25-20-13-30-23(32-17-1-3-18(4-2-17)36-14-31-22(34-36)24(26,27)28)33-21(20)16-9-15(12-29)10-19(11-16)35-5-7-37-8-6-35;10-9(11,12)8-14-5-16(15-8)7-3-1-6(13)2-4-7/h1-4,9-11,13-14H,5-8H2,(H,30,32,33);1-5H,13H2. The van der Waals surface area contributed by atoms with Crippen LogP contribution in [0.5, 0.6) is 0 Å². The van der Waals surface area contributed by atoms with E-state index in [1.54, 1.807) is 54.6 Å². The van der Waals surface area contributed by atoms with Crippen LogP contribution in [0.25, 0.3) is 22.6 Å². The number of nitrogens with zero attached hydrogens (tertiary/aromatic N) is 10. The highest BCUT2D eigenvalue weighted by atomic mass is 19.4. The summed E-state index contributed by atoms with van der Waals surface area (Å²) >= 11 is 0. The number of hydrogen-bond donors (Lipinski definition) is 2. The topological polar surface area (TPSA) is 162 Å². The van der Waals surface area contributed by atoms with Gasteiger partial charge in [0.05, 0.1) is 42.4 Å². The minimum absolute atomic E-state index is 0.0167. The SMILES string of the molecule is N#Cc1cc(-c2nc(Nc3ccc(-n4cnc(C(F)(F)F)n4)cc3)ncc2F)cc(N2CCOCC2)c1.Nc1ccc(-n2cnc(C(F)(F)F)n2)cc1. The van der Waals surface area contributed by atoms with Crippen LogP contribution in [0.3, 0.4) is 0 Å². The number of rotatable bonds is 6. The molecule has 0 atom stereocenters. The molecule has 0 spiro atoms. The van der Waals surface area contributed by atoms with Crippen molar-refractivity contribution >= 4 is 23.0 Å². The summed E-state index contributed by atoms with van der Waals surface area (Å²) in [6.45, 7) is 2.41. The molecule has 0 aliphatic carbocycles. The maximum absolute atomic E-state index is 14.8. The Bertz CT molecular complexity index is 2220. The van der Waals surface area contributed by atoms with Crippen LogP contribution in [0.15, 0.2) is 85.6 Å². The molecule has 1 aliphatic heterocycles. The third kappa shape index (κ3) is 8.82. The molecule has 0 saturated carbocycles. The summed E-state index contributed by atoms with van der Waals surface area (Å²) in [7, 11) is 0. The van der Waals surface area contributed by atoms with Gasteiger partial charge in [0.2, 0.25) is 5.95 Å². The molecule has 6 aromatic rings. The first-order chi connectivity index (χ1) is 25.3. The predicted molar refractivity (Wildman–Crippen MR) is 176 cm³/mol. The van der Waals surface area contributed by atoms with Gasteiger partial charge in [0.25, 0.3) is 11.6 Å². The lowest BCUT2D eigenvalue weighted by Crippen LogP contribution is -2.36. The first-order valence-corrected chi connectivity index (χ1v) is 15.4. The van der Waals surface area contributed by atoms with Gasteiger partial charge in [-0.3, -0.25) is 0 Å². The summed E-state index contributed by atoms with van der Waals surface area (Å²) in [5, 5.41) is 19.2. The number of benzene rings is 3. The molecule has 1 fully saturated rings. The lowest BCUT2D eigenvalue weighted by molar-refractivity contribution is -0.145. The highest BCUT2D eigenvalue weighted by molar-refractivity contribution is 5.70. The van der Waals surface area contributed by atoms with Crippen LogP contribution in [-0.2, 0) is 17.1 Å². The van der Waals surface area contributed by atoms with Gasteiger partial charge in [0, 0.05) is 35.7 Å². The minimum Gasteiger partial charge on any atom is -0.399 e. The van der Waals surface area contributed by atoms with E-state index in [1.807, 2.05) is 0 Å². The second kappa shape index (κ2) is 14.9. The molecular formula is C33H25F7N12O. The van der Waals surface area contributed by atoms with Crippen molar-refractivity contribution < 1.29 is 35.5 Å². The molecule has 1 aliphatic rings. The molecule has 0 amide bonds. The molecule has 0 radical (unpaired) electrons. The average Bonchev–Trinajstić information content (AvgIpc) is 3.86. The molecule has 3 aromatic heterocycles. The molecule has 0 bridgehead atoms. The van der Waals surface area contributed by atoms with E-state index in [-0.39, 0.29) is 11.6 Å². The summed E-state index contributed by atoms with van der Waals surface area (Å²) in [4.78, 5) is 16.8. The number of ether oxygens (including phenoxy) is 1. The van der Waals surface area contributed by atoms with Crippen molar-refractivity contribution in [2.75, 3.05) is 42.3 Å². The lowest BCUT2D eigenvalue weighted by atomic mass is 10.1. The fourth-order valence-corrected chi connectivity index (χ4v) is 4.93. The lowest BCUT2D eigenvalue weighted by Gasteiger charge is -2.29. The van der Waals surface area contributed by atoms with Gasteiger partial charge in [0.15, 0.2) is 5.82 Å². The third-order valence-corrected chi connectivity index (χ3v) is 7.48. The van der Waals surface area contributed by atoms with Gasteiger partial charge in [-0.25, -0.2) is 33.7 Å². The molecule has 53 heavy (non-hydrogen) atoms. The van der Waals surface area contributed by atoms with Crippen LogP contribution >= 0.6 is 0 Å². The van der Waals surface area contributed by atoms with E-state index in [2.05, 4.69) is 46.4 Å². The smallest absolute Gasteiger partial charge is 0.399 e. The Morgan fingerprint density at radius 1 is 0.755 bits per heavy atom. The number of alkyl halides is 6. The number of nitrogens with two attached hydrogens (primary N) is 1. The first kappa shape index (κ1) is 36.2. The van der Waals surface area contributed by atoms with Crippen LogP contribution in [0.1, 0.15) is 17.2 Å². The van der Waals surface area contributed by atoms with Gasteiger partial charge in [-0.2, -0.15) is 31.6 Å². The summed E-state index contributed by atoms with van der Waals surface area (Å²) < 4.78 is 97.1. The van der Waals surface area contributed by atoms with E-state index in [0.29, 0.717) is 60.2 Å². The summed E-state index contributed by atoms with van der Waals surface area (Å²) in [6.07, 6.45) is -6.16. The maximum Gasteiger partial charge on any atom is 0.453 e. The number of nitrogen functional groups attached to an aromatic ring is 1. The molecule has 0 unspecified atom stereocenters. The Morgan fingerprint density at radius 3 is 1.85 bits per heavy atom. The normalized spacial score (nSPS) is 13.2. The second-order valence-electron chi connectivity index (χ2n) is 11.2. The molecule has 1 saturated heterocycles. The Hall–Kier alpha value is -6.62. The van der Waals surface area contributed by atoms with Crippen molar-refractivity contribution in [2.45, 2.75) is 12.4 Å². The van der Waals surface area contributed by atoms with Gasteiger partial charge in [0.1, 0.15) is 18.3 Å². The number of anilines is 4. The van der Waals surface area contributed by atoms with Crippen LogP contribution < -0.4 is 16.0 Å². The van der Waals surface area contributed by atoms with E-state index in [0.717, 1.165) is 33.9 Å². The molecule has 3 aromatic carbocycles. The Labute approximate surface area is 295 Å². The number of morpholine rings is 1. The molecular weight excluding hydrogens is 713 g/mol. The Kier molecular flexibility index (Phi) is 10.2. The van der Waals surface area contributed by atoms with Crippen LogP contribution in [-0.4, -0.2) is 65.8 Å². The zero-order valence-electron chi connectivity index (χ0n) is 27.0. The van der Waals surface area contributed by atoms with Gasteiger partial charge < -0.3 is 20.7 Å². The number of hydrogen-bond acceptors (Lipinski definition) is 11.